The second-order valence-electron chi connectivity index (χ2n) is 4.64. The number of hydrogen-bond donors (Lipinski definition) is 1. The van der Waals surface area contributed by atoms with Gasteiger partial charge in [-0.1, -0.05) is 48.5 Å². The van der Waals surface area contributed by atoms with Crippen molar-refractivity contribution in [1.29, 1.82) is 0 Å². The standard InChI is InChI=1S/C15H11F3O/c16-15(17,18)14(19)13-11-7-3-1-5-9(11)10-6-2-4-8-12(10)13/h1-8,13-14,19H/t14-/m0/s1. The Morgan fingerprint density at radius 1 is 0.842 bits per heavy atom. The molecule has 0 amide bonds. The van der Waals surface area contributed by atoms with Gasteiger partial charge in [0.2, 0.25) is 0 Å². The minimum atomic E-state index is -4.63. The van der Waals surface area contributed by atoms with Crippen molar-refractivity contribution in [3.8, 4) is 11.1 Å². The molecule has 0 aromatic heterocycles. The van der Waals surface area contributed by atoms with Crippen molar-refractivity contribution in [1.82, 2.24) is 0 Å². The highest BCUT2D eigenvalue weighted by atomic mass is 19.4. The molecule has 3 rings (SSSR count). The summed E-state index contributed by atoms with van der Waals surface area (Å²) in [6.45, 7) is 0. The van der Waals surface area contributed by atoms with Crippen molar-refractivity contribution < 1.29 is 18.3 Å². The van der Waals surface area contributed by atoms with Crippen LogP contribution in [0.25, 0.3) is 11.1 Å². The van der Waals surface area contributed by atoms with Crippen LogP contribution < -0.4 is 0 Å². The molecule has 0 saturated heterocycles. The Labute approximate surface area is 108 Å². The van der Waals surface area contributed by atoms with E-state index in [4.69, 9.17) is 0 Å². The molecule has 0 aliphatic heterocycles. The Balaban J connectivity index is 2.20. The van der Waals surface area contributed by atoms with Gasteiger partial charge in [0.25, 0.3) is 0 Å². The van der Waals surface area contributed by atoms with E-state index in [0.717, 1.165) is 11.1 Å². The minimum Gasteiger partial charge on any atom is -0.383 e. The second-order valence-corrected chi connectivity index (χ2v) is 4.64. The summed E-state index contributed by atoms with van der Waals surface area (Å²) < 4.78 is 38.5. The highest BCUT2D eigenvalue weighted by Gasteiger charge is 2.47. The molecule has 1 nitrogen and oxygen atoms in total. The molecule has 1 aliphatic rings. The van der Waals surface area contributed by atoms with Crippen molar-refractivity contribution in [2.75, 3.05) is 0 Å². The first-order valence-electron chi connectivity index (χ1n) is 5.93. The van der Waals surface area contributed by atoms with E-state index in [9.17, 15) is 18.3 Å². The molecule has 0 saturated carbocycles. The molecular weight excluding hydrogens is 253 g/mol. The third-order valence-corrected chi connectivity index (χ3v) is 3.53. The first-order chi connectivity index (χ1) is 9.00. The molecule has 0 bridgehead atoms. The molecule has 1 atom stereocenters. The van der Waals surface area contributed by atoms with Crippen LogP contribution in [0.4, 0.5) is 13.2 Å². The SMILES string of the molecule is O[C@@H](C1c2ccccc2-c2ccccc21)C(F)(F)F. The van der Waals surface area contributed by atoms with Gasteiger partial charge in [-0.3, -0.25) is 0 Å². The van der Waals surface area contributed by atoms with E-state index in [1.165, 1.54) is 0 Å². The van der Waals surface area contributed by atoms with Crippen LogP contribution in [0.1, 0.15) is 17.0 Å². The maximum atomic E-state index is 12.8. The number of benzene rings is 2. The second kappa shape index (κ2) is 4.10. The number of alkyl halides is 3. The van der Waals surface area contributed by atoms with Crippen LogP contribution in [0.3, 0.4) is 0 Å². The summed E-state index contributed by atoms with van der Waals surface area (Å²) in [5, 5.41) is 9.65. The maximum absolute atomic E-state index is 12.8. The van der Waals surface area contributed by atoms with Crippen molar-refractivity contribution in [3.05, 3.63) is 59.7 Å². The van der Waals surface area contributed by atoms with Crippen LogP contribution in [0.15, 0.2) is 48.5 Å². The zero-order valence-corrected chi connectivity index (χ0v) is 9.85. The number of aliphatic hydroxyl groups excluding tert-OH is 1. The van der Waals surface area contributed by atoms with Crippen molar-refractivity contribution in [3.63, 3.8) is 0 Å². The zero-order chi connectivity index (χ0) is 13.6. The summed E-state index contributed by atoms with van der Waals surface area (Å²) in [6.07, 6.45) is -7.01. The third kappa shape index (κ3) is 1.83. The summed E-state index contributed by atoms with van der Waals surface area (Å²) in [5.74, 6) is -1.03. The van der Waals surface area contributed by atoms with Crippen LogP contribution >= 0.6 is 0 Å². The number of halogens is 3. The Morgan fingerprint density at radius 3 is 1.68 bits per heavy atom. The highest BCUT2D eigenvalue weighted by Crippen LogP contribution is 2.48. The number of aliphatic hydroxyl groups is 1. The molecule has 2 aromatic carbocycles. The Hall–Kier alpha value is -1.81. The molecule has 4 heteroatoms. The molecule has 0 spiro atoms. The van der Waals surface area contributed by atoms with E-state index in [1.54, 1.807) is 48.5 Å². The Morgan fingerprint density at radius 2 is 1.26 bits per heavy atom. The number of rotatable bonds is 1. The summed E-state index contributed by atoms with van der Waals surface area (Å²) in [6, 6.07) is 13.8. The normalized spacial score (nSPS) is 16.0. The van der Waals surface area contributed by atoms with Gasteiger partial charge in [-0.15, -0.1) is 0 Å². The molecule has 0 fully saturated rings. The molecule has 0 heterocycles. The molecule has 0 unspecified atom stereocenters. The van der Waals surface area contributed by atoms with Gasteiger partial charge in [-0.2, -0.15) is 13.2 Å². The number of fused-ring (bicyclic) bond motifs is 3. The van der Waals surface area contributed by atoms with Crippen LogP contribution in [0, 0.1) is 0 Å². The van der Waals surface area contributed by atoms with Gasteiger partial charge in [-0.25, -0.2) is 0 Å². The van der Waals surface area contributed by atoms with Crippen molar-refractivity contribution in [2.24, 2.45) is 0 Å². The lowest BCUT2D eigenvalue weighted by Gasteiger charge is -2.22. The van der Waals surface area contributed by atoms with E-state index >= 15 is 0 Å². The van der Waals surface area contributed by atoms with Gasteiger partial charge in [0.1, 0.15) is 0 Å². The van der Waals surface area contributed by atoms with Crippen molar-refractivity contribution in [2.45, 2.75) is 18.2 Å². The highest BCUT2D eigenvalue weighted by molar-refractivity contribution is 5.79. The summed E-state index contributed by atoms with van der Waals surface area (Å²) in [7, 11) is 0. The van der Waals surface area contributed by atoms with E-state index in [0.29, 0.717) is 11.1 Å². The molecular formula is C15H11F3O. The van der Waals surface area contributed by atoms with Crippen LogP contribution in [-0.4, -0.2) is 17.4 Å². The van der Waals surface area contributed by atoms with Crippen LogP contribution in [0.5, 0.6) is 0 Å². The van der Waals surface area contributed by atoms with Crippen LogP contribution in [-0.2, 0) is 0 Å². The van der Waals surface area contributed by atoms with Gasteiger partial charge in [-0.05, 0) is 22.3 Å². The summed E-state index contributed by atoms with van der Waals surface area (Å²) in [5.41, 5.74) is 2.61. The fraction of sp³-hybridized carbons (Fsp3) is 0.200. The van der Waals surface area contributed by atoms with Gasteiger partial charge in [0.05, 0.1) is 0 Å². The molecule has 98 valence electrons. The lowest BCUT2D eigenvalue weighted by molar-refractivity contribution is -0.207. The molecule has 1 N–H and O–H groups in total. The Bertz CT molecular complexity index is 573. The van der Waals surface area contributed by atoms with E-state index < -0.39 is 18.2 Å². The fourth-order valence-electron chi connectivity index (χ4n) is 2.72. The number of hydrogen-bond acceptors (Lipinski definition) is 1. The van der Waals surface area contributed by atoms with Gasteiger partial charge in [0.15, 0.2) is 6.10 Å². The zero-order valence-electron chi connectivity index (χ0n) is 9.85. The largest absolute Gasteiger partial charge is 0.415 e. The lowest BCUT2D eigenvalue weighted by atomic mass is 9.91. The van der Waals surface area contributed by atoms with Gasteiger partial charge >= 0.3 is 6.18 Å². The molecule has 19 heavy (non-hydrogen) atoms. The quantitative estimate of drug-likeness (QED) is 0.832. The Kier molecular flexibility index (Phi) is 2.64. The average molecular weight is 264 g/mol. The van der Waals surface area contributed by atoms with E-state index in [1.807, 2.05) is 0 Å². The fourth-order valence-corrected chi connectivity index (χ4v) is 2.72. The predicted molar refractivity (Wildman–Crippen MR) is 65.8 cm³/mol. The predicted octanol–water partition coefficient (Wildman–Crippen LogP) is 3.72. The summed E-state index contributed by atoms with van der Waals surface area (Å²) >= 11 is 0. The van der Waals surface area contributed by atoms with Crippen molar-refractivity contribution >= 4 is 0 Å². The smallest absolute Gasteiger partial charge is 0.383 e. The minimum absolute atomic E-state index is 0.536. The molecule has 1 aliphatic carbocycles. The maximum Gasteiger partial charge on any atom is 0.415 e. The van der Waals surface area contributed by atoms with Gasteiger partial charge < -0.3 is 5.11 Å². The lowest BCUT2D eigenvalue weighted by Crippen LogP contribution is -2.34. The average Bonchev–Trinajstić information content (AvgIpc) is 2.71. The topological polar surface area (TPSA) is 20.2 Å². The first-order valence-corrected chi connectivity index (χ1v) is 5.93. The third-order valence-electron chi connectivity index (χ3n) is 3.53. The van der Waals surface area contributed by atoms with Crippen LogP contribution in [0.2, 0.25) is 0 Å². The monoisotopic (exact) mass is 264 g/mol. The summed E-state index contributed by atoms with van der Waals surface area (Å²) in [4.78, 5) is 0. The van der Waals surface area contributed by atoms with E-state index in [2.05, 4.69) is 0 Å². The molecule has 2 aromatic rings. The van der Waals surface area contributed by atoms with E-state index in [-0.39, 0.29) is 0 Å². The first kappa shape index (κ1) is 12.2. The van der Waals surface area contributed by atoms with Gasteiger partial charge in [0, 0.05) is 5.92 Å². The molecule has 0 radical (unpaired) electrons.